The van der Waals surface area contributed by atoms with Crippen molar-refractivity contribution in [3.05, 3.63) is 34.9 Å². The van der Waals surface area contributed by atoms with Crippen LogP contribution in [0.5, 0.6) is 0 Å². The van der Waals surface area contributed by atoms with E-state index in [2.05, 4.69) is 23.2 Å². The highest BCUT2D eigenvalue weighted by molar-refractivity contribution is 6.05. The lowest BCUT2D eigenvalue weighted by molar-refractivity contribution is -0.136. The molecule has 3 amide bonds. The zero-order valence-electron chi connectivity index (χ0n) is 16.4. The molecule has 7 heteroatoms. The van der Waals surface area contributed by atoms with Crippen LogP contribution in [0.4, 0.5) is 0 Å². The number of rotatable bonds is 5. The summed E-state index contributed by atoms with van der Waals surface area (Å²) in [6.45, 7) is 6.33. The third-order valence-corrected chi connectivity index (χ3v) is 6.38. The zero-order chi connectivity index (χ0) is 19.9. The Labute approximate surface area is 165 Å². The average Bonchev–Trinajstić information content (AvgIpc) is 3.16. The Morgan fingerprint density at radius 2 is 2.11 bits per heavy atom. The highest BCUT2D eigenvalue weighted by Crippen LogP contribution is 2.34. The van der Waals surface area contributed by atoms with Crippen LogP contribution in [0.25, 0.3) is 0 Å². The van der Waals surface area contributed by atoms with Gasteiger partial charge in [0, 0.05) is 31.6 Å². The van der Waals surface area contributed by atoms with Crippen molar-refractivity contribution in [2.24, 2.45) is 11.1 Å². The Morgan fingerprint density at radius 1 is 1.29 bits per heavy atom. The van der Waals surface area contributed by atoms with Crippen molar-refractivity contribution in [1.29, 1.82) is 0 Å². The molecule has 2 fully saturated rings. The molecule has 2 saturated heterocycles. The first-order chi connectivity index (χ1) is 13.4. The number of likely N-dealkylation sites (tertiary alicyclic amines) is 1. The molecule has 4 rings (SSSR count). The summed E-state index contributed by atoms with van der Waals surface area (Å²) < 4.78 is 0. The van der Waals surface area contributed by atoms with Gasteiger partial charge in [-0.2, -0.15) is 0 Å². The van der Waals surface area contributed by atoms with Crippen LogP contribution in [0.2, 0.25) is 0 Å². The Hall–Kier alpha value is -2.25. The maximum atomic E-state index is 12.9. The number of hydrogen-bond acceptors (Lipinski definition) is 5. The molecule has 0 saturated carbocycles. The van der Waals surface area contributed by atoms with Gasteiger partial charge in [-0.3, -0.25) is 24.6 Å². The highest BCUT2D eigenvalue weighted by atomic mass is 16.2. The molecule has 28 heavy (non-hydrogen) atoms. The third-order valence-electron chi connectivity index (χ3n) is 6.38. The molecule has 3 aliphatic rings. The first-order valence-electron chi connectivity index (χ1n) is 10.1. The molecule has 3 heterocycles. The SMILES string of the molecule is CC1(CCN)CCN(Cc2ccc3c(c2)C(=O)N(C2CCC(=O)NC2=O)C3)C1. The second-order valence-electron chi connectivity index (χ2n) is 8.70. The van der Waals surface area contributed by atoms with Gasteiger partial charge in [0.25, 0.3) is 5.91 Å². The molecule has 0 bridgehead atoms. The van der Waals surface area contributed by atoms with Gasteiger partial charge in [0.2, 0.25) is 11.8 Å². The fourth-order valence-corrected chi connectivity index (χ4v) is 4.77. The van der Waals surface area contributed by atoms with Crippen molar-refractivity contribution in [2.75, 3.05) is 19.6 Å². The number of piperidine rings is 1. The van der Waals surface area contributed by atoms with Gasteiger partial charge >= 0.3 is 0 Å². The molecular formula is C21H28N4O3. The number of nitrogens with two attached hydrogens (primary N) is 1. The van der Waals surface area contributed by atoms with E-state index in [-0.39, 0.29) is 29.6 Å². The van der Waals surface area contributed by atoms with Crippen molar-refractivity contribution >= 4 is 17.7 Å². The summed E-state index contributed by atoms with van der Waals surface area (Å²) in [5.41, 5.74) is 8.79. The van der Waals surface area contributed by atoms with Crippen LogP contribution in [-0.4, -0.2) is 53.2 Å². The largest absolute Gasteiger partial charge is 0.330 e. The highest BCUT2D eigenvalue weighted by Gasteiger charge is 2.39. The van der Waals surface area contributed by atoms with Crippen LogP contribution in [-0.2, 0) is 22.7 Å². The number of nitrogens with zero attached hydrogens (tertiary/aromatic N) is 2. The van der Waals surface area contributed by atoms with E-state index in [0.717, 1.165) is 43.6 Å². The summed E-state index contributed by atoms with van der Waals surface area (Å²) in [7, 11) is 0. The number of carbonyl (C=O) groups excluding carboxylic acids is 3. The summed E-state index contributed by atoms with van der Waals surface area (Å²) in [5.74, 6) is -0.741. The minimum absolute atomic E-state index is 0.110. The van der Waals surface area contributed by atoms with Crippen LogP contribution < -0.4 is 11.1 Å². The molecule has 3 N–H and O–H groups in total. The molecule has 0 aliphatic carbocycles. The number of benzene rings is 1. The maximum Gasteiger partial charge on any atom is 0.255 e. The number of fused-ring (bicyclic) bond motifs is 1. The molecule has 0 radical (unpaired) electrons. The lowest BCUT2D eigenvalue weighted by atomic mass is 9.86. The number of imide groups is 1. The van der Waals surface area contributed by atoms with Crippen molar-refractivity contribution in [3.63, 3.8) is 0 Å². The van der Waals surface area contributed by atoms with Gasteiger partial charge in [0.15, 0.2) is 0 Å². The lowest BCUT2D eigenvalue weighted by Gasteiger charge is -2.29. The minimum Gasteiger partial charge on any atom is -0.330 e. The van der Waals surface area contributed by atoms with Crippen molar-refractivity contribution < 1.29 is 14.4 Å². The van der Waals surface area contributed by atoms with Gasteiger partial charge in [-0.25, -0.2) is 0 Å². The van der Waals surface area contributed by atoms with Crippen molar-refractivity contribution in [3.8, 4) is 0 Å². The normalized spacial score (nSPS) is 28.0. The van der Waals surface area contributed by atoms with Crippen LogP contribution in [0.3, 0.4) is 0 Å². The van der Waals surface area contributed by atoms with E-state index in [1.165, 1.54) is 0 Å². The predicted molar refractivity (Wildman–Crippen MR) is 104 cm³/mol. The van der Waals surface area contributed by atoms with Crippen molar-refractivity contribution in [1.82, 2.24) is 15.1 Å². The molecule has 0 spiro atoms. The summed E-state index contributed by atoms with van der Waals surface area (Å²) in [5, 5.41) is 2.34. The monoisotopic (exact) mass is 384 g/mol. The fraction of sp³-hybridized carbons (Fsp3) is 0.571. The molecule has 150 valence electrons. The Bertz CT molecular complexity index is 824. The zero-order valence-corrected chi connectivity index (χ0v) is 16.4. The van der Waals surface area contributed by atoms with E-state index in [1.54, 1.807) is 4.90 Å². The number of nitrogens with one attached hydrogen (secondary N) is 1. The number of hydrogen-bond donors (Lipinski definition) is 2. The first-order valence-corrected chi connectivity index (χ1v) is 10.1. The maximum absolute atomic E-state index is 12.9. The van der Waals surface area contributed by atoms with Gasteiger partial charge in [-0.1, -0.05) is 19.1 Å². The van der Waals surface area contributed by atoms with Crippen LogP contribution >= 0.6 is 0 Å². The van der Waals surface area contributed by atoms with Crippen molar-refractivity contribution in [2.45, 2.75) is 51.7 Å². The quantitative estimate of drug-likeness (QED) is 0.739. The van der Waals surface area contributed by atoms with E-state index in [9.17, 15) is 14.4 Å². The van der Waals surface area contributed by atoms with Gasteiger partial charge < -0.3 is 10.6 Å². The first kappa shape index (κ1) is 19.1. The van der Waals surface area contributed by atoms with Gasteiger partial charge in [-0.05, 0) is 55.0 Å². The summed E-state index contributed by atoms with van der Waals surface area (Å²) >= 11 is 0. The summed E-state index contributed by atoms with van der Waals surface area (Å²) in [4.78, 5) is 40.5. The van der Waals surface area contributed by atoms with Gasteiger partial charge in [0.05, 0.1) is 0 Å². The van der Waals surface area contributed by atoms with Gasteiger partial charge in [-0.15, -0.1) is 0 Å². The summed E-state index contributed by atoms with van der Waals surface area (Å²) in [6, 6.07) is 5.50. The van der Waals surface area contributed by atoms with Crippen LogP contribution in [0, 0.1) is 5.41 Å². The molecule has 3 aliphatic heterocycles. The van der Waals surface area contributed by atoms with E-state index in [0.29, 0.717) is 25.1 Å². The Morgan fingerprint density at radius 3 is 2.86 bits per heavy atom. The van der Waals surface area contributed by atoms with E-state index < -0.39 is 6.04 Å². The molecule has 1 aromatic carbocycles. The second kappa shape index (κ2) is 7.29. The summed E-state index contributed by atoms with van der Waals surface area (Å²) in [6.07, 6.45) is 2.85. The van der Waals surface area contributed by atoms with E-state index >= 15 is 0 Å². The second-order valence-corrected chi connectivity index (χ2v) is 8.70. The minimum atomic E-state index is -0.559. The Kier molecular flexibility index (Phi) is 4.97. The molecule has 1 aromatic rings. The topological polar surface area (TPSA) is 95.7 Å². The van der Waals surface area contributed by atoms with E-state index in [4.69, 9.17) is 5.73 Å². The fourth-order valence-electron chi connectivity index (χ4n) is 4.77. The molecule has 2 unspecified atom stereocenters. The smallest absolute Gasteiger partial charge is 0.255 e. The molecule has 0 aromatic heterocycles. The van der Waals surface area contributed by atoms with Gasteiger partial charge in [0.1, 0.15) is 6.04 Å². The number of carbonyl (C=O) groups is 3. The van der Waals surface area contributed by atoms with E-state index in [1.807, 2.05) is 12.1 Å². The van der Waals surface area contributed by atoms with Crippen LogP contribution in [0.1, 0.15) is 54.1 Å². The molecular weight excluding hydrogens is 356 g/mol. The molecule has 2 atom stereocenters. The standard InChI is InChI=1S/C21H28N4O3/c1-21(6-8-22)7-9-24(13-21)11-14-2-3-15-12-25(20(28)16(15)10-14)17-4-5-18(26)23-19(17)27/h2-3,10,17H,4-9,11-13,22H2,1H3,(H,23,26,27). The lowest BCUT2D eigenvalue weighted by Crippen LogP contribution is -2.52. The predicted octanol–water partition coefficient (Wildman–Crippen LogP) is 1.01. The molecule has 7 nitrogen and oxygen atoms in total. The average molecular weight is 384 g/mol. The Balaban J connectivity index is 1.45. The number of amides is 3. The third kappa shape index (κ3) is 3.56. The van der Waals surface area contributed by atoms with Crippen LogP contribution in [0.15, 0.2) is 18.2 Å².